The Hall–Kier alpha value is -3.79. The van der Waals surface area contributed by atoms with Gasteiger partial charge in [-0.15, -0.1) is 0 Å². The van der Waals surface area contributed by atoms with Crippen molar-refractivity contribution in [1.82, 2.24) is 19.7 Å². The summed E-state index contributed by atoms with van der Waals surface area (Å²) in [6.07, 6.45) is 9.27. The van der Waals surface area contributed by atoms with Gasteiger partial charge in [-0.25, -0.2) is 0 Å². The number of aliphatic imine (C=N–C) groups is 1. The number of fused-ring (bicyclic) bond motifs is 1. The summed E-state index contributed by atoms with van der Waals surface area (Å²) >= 11 is 0. The van der Waals surface area contributed by atoms with Crippen LogP contribution in [0.5, 0.6) is 5.75 Å². The Kier molecular flexibility index (Phi) is 12.5. The summed E-state index contributed by atoms with van der Waals surface area (Å²) in [6.45, 7) is 8.72. The molecule has 0 bridgehead atoms. The standard InChI is InChI=1S/C37H56N8O2/c1-37(2,3)32(38)23-34(41-4)42-35(46)14-10-7-11-27-15-17-31(30-13-9-8-12-29(27)30)47-28-16-18-33(39)45(25-28)36(40)44-21-19-26(20-22-44)24-43(5)6/h8-9,12-13,16,18,25-27,31,38-40H,7,10-11,14-15,17,19-24H2,1-6H3,(H,41,42,46). The summed E-state index contributed by atoms with van der Waals surface area (Å²) in [6, 6.07) is 12.1. The first-order chi connectivity index (χ1) is 22.3. The van der Waals surface area contributed by atoms with Crippen molar-refractivity contribution in [2.24, 2.45) is 16.3 Å². The number of carbonyl (C=O) groups excluding carboxylic acids is 1. The normalized spacial score (nSPS) is 19.0. The van der Waals surface area contributed by atoms with Crippen LogP contribution < -0.4 is 15.5 Å². The van der Waals surface area contributed by atoms with E-state index in [0.717, 1.165) is 64.6 Å². The molecule has 47 heavy (non-hydrogen) atoms. The molecule has 2 aliphatic rings. The third-order valence-corrected chi connectivity index (χ3v) is 9.53. The number of aromatic nitrogens is 1. The molecule has 1 amide bonds. The number of rotatable bonds is 11. The molecule has 1 aromatic heterocycles. The van der Waals surface area contributed by atoms with E-state index < -0.39 is 0 Å². The van der Waals surface area contributed by atoms with Crippen molar-refractivity contribution in [2.45, 2.75) is 90.6 Å². The molecule has 4 rings (SSSR count). The first-order valence-corrected chi connectivity index (χ1v) is 17.2. The van der Waals surface area contributed by atoms with E-state index in [1.807, 2.05) is 26.8 Å². The highest BCUT2D eigenvalue weighted by atomic mass is 16.5. The van der Waals surface area contributed by atoms with E-state index in [-0.39, 0.29) is 22.9 Å². The van der Waals surface area contributed by atoms with E-state index >= 15 is 0 Å². The Balaban J connectivity index is 1.31. The van der Waals surface area contributed by atoms with Gasteiger partial charge in [0.25, 0.3) is 0 Å². The summed E-state index contributed by atoms with van der Waals surface area (Å²) < 4.78 is 8.21. The van der Waals surface area contributed by atoms with Crippen molar-refractivity contribution < 1.29 is 9.53 Å². The lowest BCUT2D eigenvalue weighted by Gasteiger charge is -2.35. The zero-order valence-electron chi connectivity index (χ0n) is 29.4. The minimum Gasteiger partial charge on any atom is -0.484 e. The van der Waals surface area contributed by atoms with Gasteiger partial charge in [0.1, 0.15) is 23.2 Å². The summed E-state index contributed by atoms with van der Waals surface area (Å²) in [7, 11) is 5.88. The number of nitrogens with zero attached hydrogens (tertiary/aromatic N) is 4. The first kappa shape index (κ1) is 36.1. The SMILES string of the molecule is CN=C(CC(=N)C(C)(C)C)NC(=O)CCCCC1CCC(Oc2ccc(=N)n(C(=N)N3CCC(CN(C)C)CC3)c2)c2ccccc21. The van der Waals surface area contributed by atoms with Crippen LogP contribution in [0, 0.1) is 27.6 Å². The second kappa shape index (κ2) is 16.4. The fourth-order valence-corrected chi connectivity index (χ4v) is 6.66. The Morgan fingerprint density at radius 1 is 1.02 bits per heavy atom. The van der Waals surface area contributed by atoms with Gasteiger partial charge in [0.15, 0.2) is 0 Å². The summed E-state index contributed by atoms with van der Waals surface area (Å²) in [5, 5.41) is 28.6. The molecule has 2 aromatic rings. The van der Waals surface area contributed by atoms with E-state index in [9.17, 15) is 4.79 Å². The van der Waals surface area contributed by atoms with Crippen molar-refractivity contribution in [3.63, 3.8) is 0 Å². The minimum absolute atomic E-state index is 0.0392. The van der Waals surface area contributed by atoms with Crippen molar-refractivity contribution >= 4 is 23.4 Å². The number of ether oxygens (including phenoxy) is 1. The molecule has 1 fully saturated rings. The van der Waals surface area contributed by atoms with Gasteiger partial charge in [-0.05, 0) is 93.1 Å². The molecule has 1 aliphatic heterocycles. The number of amidine groups is 1. The largest absolute Gasteiger partial charge is 0.484 e. The van der Waals surface area contributed by atoms with Crippen LogP contribution in [-0.2, 0) is 4.79 Å². The minimum atomic E-state index is -0.247. The van der Waals surface area contributed by atoms with E-state index in [0.29, 0.717) is 47.9 Å². The third kappa shape index (κ3) is 10.1. The van der Waals surface area contributed by atoms with Crippen molar-refractivity contribution in [3.05, 3.63) is 59.2 Å². The number of hydrogen-bond acceptors (Lipinski definition) is 7. The lowest BCUT2D eigenvalue weighted by Crippen LogP contribution is -2.45. The number of unbranched alkanes of at least 4 members (excludes halogenated alkanes) is 1. The highest BCUT2D eigenvalue weighted by Gasteiger charge is 2.29. The van der Waals surface area contributed by atoms with Crippen LogP contribution in [0.2, 0.25) is 0 Å². The van der Waals surface area contributed by atoms with E-state index in [1.165, 1.54) is 11.1 Å². The quantitative estimate of drug-likeness (QED) is 0.132. The number of amides is 1. The molecular weight excluding hydrogens is 588 g/mol. The predicted molar refractivity (Wildman–Crippen MR) is 190 cm³/mol. The number of nitrogens with one attached hydrogen (secondary N) is 4. The predicted octanol–water partition coefficient (Wildman–Crippen LogP) is 6.18. The Labute approximate surface area is 281 Å². The van der Waals surface area contributed by atoms with Crippen LogP contribution in [0.4, 0.5) is 0 Å². The lowest BCUT2D eigenvalue weighted by molar-refractivity contribution is -0.119. The van der Waals surface area contributed by atoms with Gasteiger partial charge in [-0.1, -0.05) is 51.5 Å². The smallest absolute Gasteiger partial charge is 0.225 e. The highest BCUT2D eigenvalue weighted by molar-refractivity contribution is 6.09. The fourth-order valence-electron chi connectivity index (χ4n) is 6.66. The van der Waals surface area contributed by atoms with Crippen molar-refractivity contribution in [1.29, 1.82) is 16.2 Å². The molecule has 10 heteroatoms. The molecule has 0 spiro atoms. The highest BCUT2D eigenvalue weighted by Crippen LogP contribution is 2.42. The van der Waals surface area contributed by atoms with E-state index in [2.05, 4.69) is 58.5 Å². The molecule has 1 saturated heterocycles. The summed E-state index contributed by atoms with van der Waals surface area (Å²) in [4.78, 5) is 21.1. The molecule has 2 heterocycles. The summed E-state index contributed by atoms with van der Waals surface area (Å²) in [5.74, 6) is 2.59. The molecule has 10 nitrogen and oxygen atoms in total. The van der Waals surface area contributed by atoms with Crippen LogP contribution in [0.1, 0.15) is 102 Å². The van der Waals surface area contributed by atoms with E-state index in [1.54, 1.807) is 23.9 Å². The van der Waals surface area contributed by atoms with Gasteiger partial charge in [-0.2, -0.15) is 0 Å². The Morgan fingerprint density at radius 2 is 1.72 bits per heavy atom. The van der Waals surface area contributed by atoms with Crippen LogP contribution >= 0.6 is 0 Å². The maximum Gasteiger partial charge on any atom is 0.225 e. The van der Waals surface area contributed by atoms with Gasteiger partial charge in [0.2, 0.25) is 11.9 Å². The second-order valence-electron chi connectivity index (χ2n) is 14.5. The van der Waals surface area contributed by atoms with Gasteiger partial charge in [-0.3, -0.25) is 25.2 Å². The van der Waals surface area contributed by atoms with Crippen molar-refractivity contribution in [2.75, 3.05) is 40.8 Å². The maximum absolute atomic E-state index is 12.6. The van der Waals surface area contributed by atoms with Crippen LogP contribution in [0.3, 0.4) is 0 Å². The number of likely N-dealkylation sites (tertiary alicyclic amines) is 1. The van der Waals surface area contributed by atoms with Crippen molar-refractivity contribution in [3.8, 4) is 5.75 Å². The fraction of sp³-hybridized carbons (Fsp3) is 0.595. The van der Waals surface area contributed by atoms with E-state index in [4.69, 9.17) is 21.0 Å². The van der Waals surface area contributed by atoms with Gasteiger partial charge in [0, 0.05) is 45.2 Å². The number of carbonyl (C=O) groups is 1. The topological polar surface area (TPSA) is 134 Å². The molecule has 4 N–H and O–H groups in total. The molecule has 0 radical (unpaired) electrons. The van der Waals surface area contributed by atoms with Crippen LogP contribution in [0.25, 0.3) is 0 Å². The monoisotopic (exact) mass is 644 g/mol. The zero-order valence-corrected chi connectivity index (χ0v) is 29.4. The molecule has 1 aliphatic carbocycles. The lowest BCUT2D eigenvalue weighted by atomic mass is 9.78. The average Bonchev–Trinajstić information content (AvgIpc) is 3.03. The molecule has 256 valence electrons. The Morgan fingerprint density at radius 3 is 2.38 bits per heavy atom. The third-order valence-electron chi connectivity index (χ3n) is 9.53. The number of pyridine rings is 1. The molecule has 2 atom stereocenters. The number of hydrogen-bond donors (Lipinski definition) is 4. The molecule has 0 saturated carbocycles. The number of benzene rings is 1. The number of piperidine rings is 1. The molecular formula is C37H56N8O2. The van der Waals surface area contributed by atoms with Gasteiger partial charge < -0.3 is 25.3 Å². The second-order valence-corrected chi connectivity index (χ2v) is 14.5. The van der Waals surface area contributed by atoms with Crippen LogP contribution in [-0.4, -0.2) is 78.6 Å². The molecule has 2 unspecified atom stereocenters. The summed E-state index contributed by atoms with van der Waals surface area (Å²) in [5.41, 5.74) is 3.09. The van der Waals surface area contributed by atoms with Gasteiger partial charge >= 0.3 is 0 Å². The first-order valence-electron chi connectivity index (χ1n) is 17.2. The van der Waals surface area contributed by atoms with Gasteiger partial charge in [0.05, 0.1) is 6.20 Å². The van der Waals surface area contributed by atoms with Crippen LogP contribution in [0.15, 0.2) is 47.6 Å². The molecule has 1 aromatic carbocycles. The zero-order chi connectivity index (χ0) is 34.1. The Bertz CT molecular complexity index is 1480. The maximum atomic E-state index is 12.6. The average molecular weight is 645 g/mol.